The lowest BCUT2D eigenvalue weighted by Gasteiger charge is -2.20. The van der Waals surface area contributed by atoms with Crippen molar-refractivity contribution in [1.29, 1.82) is 0 Å². The summed E-state index contributed by atoms with van der Waals surface area (Å²) < 4.78 is 14.2. The first-order valence-corrected chi connectivity index (χ1v) is 7.80. The van der Waals surface area contributed by atoms with Gasteiger partial charge in [-0.15, -0.1) is 0 Å². The van der Waals surface area contributed by atoms with Gasteiger partial charge in [0.2, 0.25) is 0 Å². The summed E-state index contributed by atoms with van der Waals surface area (Å²) in [5.74, 6) is -0.177. The molecule has 0 amide bonds. The summed E-state index contributed by atoms with van der Waals surface area (Å²) in [6.07, 6.45) is 1.63. The molecular formula is C16H21FN2S. The summed E-state index contributed by atoms with van der Waals surface area (Å²) in [5.41, 5.74) is 8.71. The van der Waals surface area contributed by atoms with Crippen LogP contribution in [0.15, 0.2) is 35.0 Å². The number of nitrogens with zero attached hydrogens (tertiary/aromatic N) is 1. The fourth-order valence-electron chi connectivity index (χ4n) is 2.18. The molecular weight excluding hydrogens is 271 g/mol. The van der Waals surface area contributed by atoms with E-state index in [9.17, 15) is 4.39 Å². The second-order valence-corrected chi connectivity index (χ2v) is 5.93. The van der Waals surface area contributed by atoms with Crippen LogP contribution in [0.2, 0.25) is 0 Å². The van der Waals surface area contributed by atoms with Gasteiger partial charge in [-0.2, -0.15) is 11.3 Å². The van der Waals surface area contributed by atoms with Crippen molar-refractivity contribution in [3.63, 3.8) is 0 Å². The summed E-state index contributed by atoms with van der Waals surface area (Å²) in [6, 6.07) is 7.59. The van der Waals surface area contributed by atoms with Gasteiger partial charge in [0, 0.05) is 19.6 Å². The van der Waals surface area contributed by atoms with Crippen LogP contribution >= 0.6 is 11.3 Å². The fourth-order valence-corrected chi connectivity index (χ4v) is 2.84. The molecule has 108 valence electrons. The summed E-state index contributed by atoms with van der Waals surface area (Å²) >= 11 is 1.66. The van der Waals surface area contributed by atoms with Crippen LogP contribution < -0.4 is 10.6 Å². The van der Waals surface area contributed by atoms with E-state index in [0.717, 1.165) is 18.4 Å². The molecule has 0 radical (unpaired) electrons. The van der Waals surface area contributed by atoms with Crippen molar-refractivity contribution < 1.29 is 4.39 Å². The molecule has 0 saturated heterocycles. The second-order valence-electron chi connectivity index (χ2n) is 5.15. The summed E-state index contributed by atoms with van der Waals surface area (Å²) in [7, 11) is 1.91. The number of anilines is 1. The van der Waals surface area contributed by atoms with E-state index in [4.69, 9.17) is 5.73 Å². The van der Waals surface area contributed by atoms with Crippen molar-refractivity contribution in [1.82, 2.24) is 0 Å². The zero-order valence-corrected chi connectivity index (χ0v) is 12.8. The highest BCUT2D eigenvalue weighted by molar-refractivity contribution is 7.07. The molecule has 1 atom stereocenters. The molecule has 0 aliphatic carbocycles. The molecule has 2 nitrogen and oxygen atoms in total. The molecule has 2 aromatic rings. The average molecular weight is 292 g/mol. The first-order valence-electron chi connectivity index (χ1n) is 6.86. The van der Waals surface area contributed by atoms with E-state index < -0.39 is 0 Å². The highest BCUT2D eigenvalue weighted by atomic mass is 32.1. The lowest BCUT2D eigenvalue weighted by Crippen LogP contribution is -2.22. The van der Waals surface area contributed by atoms with Crippen LogP contribution in [-0.2, 0) is 13.0 Å². The van der Waals surface area contributed by atoms with Gasteiger partial charge in [-0.1, -0.05) is 13.0 Å². The van der Waals surface area contributed by atoms with E-state index >= 15 is 0 Å². The second kappa shape index (κ2) is 6.86. The van der Waals surface area contributed by atoms with E-state index in [2.05, 4.69) is 11.4 Å². The average Bonchev–Trinajstić information content (AvgIpc) is 2.91. The van der Waals surface area contributed by atoms with Gasteiger partial charge in [0.25, 0.3) is 0 Å². The SMILES string of the molecule is CCC(N)Cc1ccc(N(C)Cc2ccsc2)c(F)c1. The maximum absolute atomic E-state index is 14.2. The molecule has 2 rings (SSSR count). The van der Waals surface area contributed by atoms with Gasteiger partial charge >= 0.3 is 0 Å². The maximum Gasteiger partial charge on any atom is 0.146 e. The van der Waals surface area contributed by atoms with Crippen LogP contribution in [0.25, 0.3) is 0 Å². The smallest absolute Gasteiger partial charge is 0.146 e. The van der Waals surface area contributed by atoms with Crippen molar-refractivity contribution in [2.24, 2.45) is 5.73 Å². The highest BCUT2D eigenvalue weighted by Crippen LogP contribution is 2.22. The number of halogens is 1. The Labute approximate surface area is 124 Å². The van der Waals surface area contributed by atoms with E-state index in [1.165, 1.54) is 5.56 Å². The number of nitrogens with two attached hydrogens (primary N) is 1. The number of hydrogen-bond donors (Lipinski definition) is 1. The van der Waals surface area contributed by atoms with Crippen molar-refractivity contribution in [2.45, 2.75) is 32.4 Å². The molecule has 20 heavy (non-hydrogen) atoms. The molecule has 0 bridgehead atoms. The zero-order chi connectivity index (χ0) is 14.5. The minimum absolute atomic E-state index is 0.101. The van der Waals surface area contributed by atoms with Crippen LogP contribution in [0.4, 0.5) is 10.1 Å². The third kappa shape index (κ3) is 3.81. The maximum atomic E-state index is 14.2. The lowest BCUT2D eigenvalue weighted by atomic mass is 10.0. The predicted molar refractivity (Wildman–Crippen MR) is 84.8 cm³/mol. The van der Waals surface area contributed by atoms with Gasteiger partial charge in [-0.25, -0.2) is 4.39 Å². The highest BCUT2D eigenvalue weighted by Gasteiger charge is 2.10. The lowest BCUT2D eigenvalue weighted by molar-refractivity contribution is 0.610. The fraction of sp³-hybridized carbons (Fsp3) is 0.375. The van der Waals surface area contributed by atoms with Crippen LogP contribution in [0.1, 0.15) is 24.5 Å². The third-order valence-corrected chi connectivity index (χ3v) is 4.18. The van der Waals surface area contributed by atoms with Gasteiger partial charge in [0.1, 0.15) is 5.82 Å². The topological polar surface area (TPSA) is 29.3 Å². The van der Waals surface area contributed by atoms with Crippen LogP contribution in [0, 0.1) is 5.82 Å². The molecule has 4 heteroatoms. The van der Waals surface area contributed by atoms with Crippen molar-refractivity contribution >= 4 is 17.0 Å². The number of thiophene rings is 1. The van der Waals surface area contributed by atoms with Gasteiger partial charge in [0.05, 0.1) is 5.69 Å². The van der Waals surface area contributed by atoms with Gasteiger partial charge < -0.3 is 10.6 Å². The first kappa shape index (κ1) is 15.0. The van der Waals surface area contributed by atoms with Gasteiger partial charge in [-0.05, 0) is 52.9 Å². The minimum Gasteiger partial charge on any atom is -0.368 e. The molecule has 0 saturated carbocycles. The third-order valence-electron chi connectivity index (χ3n) is 3.45. The first-order chi connectivity index (χ1) is 9.60. The van der Waals surface area contributed by atoms with Crippen LogP contribution in [0.5, 0.6) is 0 Å². The Hall–Kier alpha value is -1.39. The molecule has 1 aromatic carbocycles. The molecule has 1 aromatic heterocycles. The minimum atomic E-state index is -0.177. The largest absolute Gasteiger partial charge is 0.368 e. The predicted octanol–water partition coefficient (Wildman–Crippen LogP) is 3.80. The number of rotatable bonds is 6. The normalized spacial score (nSPS) is 12.4. The van der Waals surface area contributed by atoms with Crippen LogP contribution in [-0.4, -0.2) is 13.1 Å². The quantitative estimate of drug-likeness (QED) is 0.877. The Morgan fingerprint density at radius 2 is 2.10 bits per heavy atom. The van der Waals surface area contributed by atoms with Crippen molar-refractivity contribution in [3.8, 4) is 0 Å². The molecule has 0 aliphatic rings. The van der Waals surface area contributed by atoms with Gasteiger partial charge in [0.15, 0.2) is 0 Å². The van der Waals surface area contributed by atoms with Crippen LogP contribution in [0.3, 0.4) is 0 Å². The Balaban J connectivity index is 2.08. The Morgan fingerprint density at radius 3 is 2.70 bits per heavy atom. The molecule has 1 unspecified atom stereocenters. The summed E-state index contributed by atoms with van der Waals surface area (Å²) in [6.45, 7) is 2.76. The van der Waals surface area contributed by atoms with Gasteiger partial charge in [-0.3, -0.25) is 0 Å². The van der Waals surface area contributed by atoms with Crippen molar-refractivity contribution in [2.75, 3.05) is 11.9 Å². The number of hydrogen-bond acceptors (Lipinski definition) is 3. The molecule has 0 aliphatic heterocycles. The zero-order valence-electron chi connectivity index (χ0n) is 12.0. The Bertz CT molecular complexity index is 539. The molecule has 0 spiro atoms. The monoisotopic (exact) mass is 292 g/mol. The molecule has 0 fully saturated rings. The van der Waals surface area contributed by atoms with E-state index in [1.54, 1.807) is 17.4 Å². The van der Waals surface area contributed by atoms with E-state index in [0.29, 0.717) is 12.2 Å². The Kier molecular flexibility index (Phi) is 5.15. The summed E-state index contributed by atoms with van der Waals surface area (Å²) in [4.78, 5) is 1.93. The number of benzene rings is 1. The van der Waals surface area contributed by atoms with E-state index in [1.807, 2.05) is 36.4 Å². The Morgan fingerprint density at radius 1 is 1.30 bits per heavy atom. The van der Waals surface area contributed by atoms with Crippen molar-refractivity contribution in [3.05, 3.63) is 52.0 Å². The van der Waals surface area contributed by atoms with E-state index in [-0.39, 0.29) is 11.9 Å². The molecule has 1 heterocycles. The molecule has 2 N–H and O–H groups in total. The summed E-state index contributed by atoms with van der Waals surface area (Å²) in [5, 5.41) is 4.12. The standard InChI is InChI=1S/C16H21FN2S/c1-3-14(18)8-12-4-5-16(15(17)9-12)19(2)10-13-6-7-20-11-13/h4-7,9,11,14H,3,8,10,18H2,1-2H3.